The second-order valence-corrected chi connectivity index (χ2v) is 8.31. The minimum Gasteiger partial charge on any atom is -0.369 e. The number of hydrogen-bond acceptors (Lipinski definition) is 4. The molecule has 1 fully saturated rings. The highest BCUT2D eigenvalue weighted by molar-refractivity contribution is 7.89. The number of nitriles is 1. The van der Waals surface area contributed by atoms with E-state index in [1.807, 2.05) is 12.1 Å². The van der Waals surface area contributed by atoms with Crippen LogP contribution in [-0.2, 0) is 10.0 Å². The van der Waals surface area contributed by atoms with E-state index >= 15 is 0 Å². The Hall–Kier alpha value is -2.07. The summed E-state index contributed by atoms with van der Waals surface area (Å²) in [5.74, 6) is 0. The zero-order chi connectivity index (χ0) is 18.0. The number of anilines is 1. The summed E-state index contributed by atoms with van der Waals surface area (Å²) in [7, 11) is -3.51. The molecule has 130 valence electrons. The van der Waals surface area contributed by atoms with Crippen molar-refractivity contribution in [2.24, 2.45) is 0 Å². The van der Waals surface area contributed by atoms with Gasteiger partial charge in [0, 0.05) is 36.9 Å². The van der Waals surface area contributed by atoms with Gasteiger partial charge in [-0.25, -0.2) is 8.42 Å². The van der Waals surface area contributed by atoms with Crippen LogP contribution in [0.25, 0.3) is 0 Å². The Bertz CT molecular complexity index is 912. The summed E-state index contributed by atoms with van der Waals surface area (Å²) in [6.45, 7) is 3.85. The molecule has 1 heterocycles. The first kappa shape index (κ1) is 17.7. The Morgan fingerprint density at radius 3 is 2.24 bits per heavy atom. The fraction of sp³-hybridized carbons (Fsp3) is 0.278. The smallest absolute Gasteiger partial charge is 0.243 e. The lowest BCUT2D eigenvalue weighted by Gasteiger charge is -2.35. The monoisotopic (exact) mass is 375 g/mol. The molecule has 0 radical (unpaired) electrons. The summed E-state index contributed by atoms with van der Waals surface area (Å²) < 4.78 is 27.1. The van der Waals surface area contributed by atoms with Crippen LogP contribution in [0.3, 0.4) is 0 Å². The van der Waals surface area contributed by atoms with Crippen molar-refractivity contribution in [3.05, 3.63) is 58.6 Å². The Balaban J connectivity index is 1.72. The van der Waals surface area contributed by atoms with Crippen LogP contribution in [0.2, 0.25) is 5.02 Å². The lowest BCUT2D eigenvalue weighted by Crippen LogP contribution is -2.48. The SMILES string of the molecule is Cc1cc(S(=O)(=O)N2CCN(c3ccc(C#N)cc3)CC2)ccc1Cl. The molecule has 1 aliphatic rings. The van der Waals surface area contributed by atoms with Crippen LogP contribution < -0.4 is 4.90 Å². The van der Waals surface area contributed by atoms with Gasteiger partial charge in [0.05, 0.1) is 16.5 Å². The molecular weight excluding hydrogens is 358 g/mol. The standard InChI is InChI=1S/C18H18ClN3O2S/c1-14-12-17(6-7-18(14)19)25(23,24)22-10-8-21(9-11-22)16-4-2-15(13-20)3-5-16/h2-7,12H,8-11H2,1H3. The van der Waals surface area contributed by atoms with Gasteiger partial charge >= 0.3 is 0 Å². The fourth-order valence-corrected chi connectivity index (χ4v) is 4.49. The van der Waals surface area contributed by atoms with Gasteiger partial charge in [0.2, 0.25) is 10.0 Å². The molecule has 0 spiro atoms. The van der Waals surface area contributed by atoms with Gasteiger partial charge in [-0.05, 0) is 55.0 Å². The van der Waals surface area contributed by atoms with E-state index in [1.54, 1.807) is 37.3 Å². The fourth-order valence-electron chi connectivity index (χ4n) is 2.86. The van der Waals surface area contributed by atoms with E-state index < -0.39 is 10.0 Å². The molecule has 25 heavy (non-hydrogen) atoms. The van der Waals surface area contributed by atoms with Gasteiger partial charge in [0.25, 0.3) is 0 Å². The average Bonchev–Trinajstić information content (AvgIpc) is 2.64. The molecule has 1 aliphatic heterocycles. The van der Waals surface area contributed by atoms with Crippen LogP contribution in [0.4, 0.5) is 5.69 Å². The number of nitrogens with zero attached hydrogens (tertiary/aromatic N) is 3. The van der Waals surface area contributed by atoms with E-state index in [-0.39, 0.29) is 4.90 Å². The van der Waals surface area contributed by atoms with Gasteiger partial charge < -0.3 is 4.90 Å². The summed E-state index contributed by atoms with van der Waals surface area (Å²) in [5, 5.41) is 9.42. The lowest BCUT2D eigenvalue weighted by atomic mass is 10.2. The van der Waals surface area contributed by atoms with Crippen LogP contribution in [0.15, 0.2) is 47.4 Å². The van der Waals surface area contributed by atoms with E-state index in [0.29, 0.717) is 36.8 Å². The number of halogens is 1. The van der Waals surface area contributed by atoms with Gasteiger partial charge in [-0.2, -0.15) is 9.57 Å². The molecule has 0 amide bonds. The van der Waals surface area contributed by atoms with Gasteiger partial charge in [0.1, 0.15) is 0 Å². The lowest BCUT2D eigenvalue weighted by molar-refractivity contribution is 0.385. The molecule has 0 N–H and O–H groups in total. The second kappa shape index (κ2) is 7.04. The highest BCUT2D eigenvalue weighted by Crippen LogP contribution is 2.24. The first-order valence-corrected chi connectivity index (χ1v) is 9.75. The number of aryl methyl sites for hydroxylation is 1. The topological polar surface area (TPSA) is 64.4 Å². The molecule has 0 saturated carbocycles. The summed E-state index contributed by atoms with van der Waals surface area (Å²) >= 11 is 5.99. The van der Waals surface area contributed by atoms with Crippen molar-refractivity contribution < 1.29 is 8.42 Å². The van der Waals surface area contributed by atoms with Crippen LogP contribution in [0, 0.1) is 18.3 Å². The minimum atomic E-state index is -3.51. The molecule has 0 unspecified atom stereocenters. The Labute approximate surface area is 153 Å². The maximum atomic E-state index is 12.8. The van der Waals surface area contributed by atoms with Crippen LogP contribution in [0.5, 0.6) is 0 Å². The zero-order valence-corrected chi connectivity index (χ0v) is 15.4. The highest BCUT2D eigenvalue weighted by atomic mass is 35.5. The van der Waals surface area contributed by atoms with Crippen LogP contribution >= 0.6 is 11.6 Å². The van der Waals surface area contributed by atoms with E-state index in [9.17, 15) is 8.42 Å². The molecule has 5 nitrogen and oxygen atoms in total. The Morgan fingerprint density at radius 1 is 1.04 bits per heavy atom. The van der Waals surface area contributed by atoms with Crippen molar-refractivity contribution in [1.29, 1.82) is 5.26 Å². The first-order valence-electron chi connectivity index (χ1n) is 7.93. The molecular formula is C18H18ClN3O2S. The molecule has 0 atom stereocenters. The van der Waals surface area contributed by atoms with E-state index in [2.05, 4.69) is 11.0 Å². The van der Waals surface area contributed by atoms with Crippen LogP contribution in [-0.4, -0.2) is 38.9 Å². The molecule has 0 aliphatic carbocycles. The maximum Gasteiger partial charge on any atom is 0.243 e. The van der Waals surface area contributed by atoms with Crippen molar-refractivity contribution in [2.75, 3.05) is 31.1 Å². The molecule has 1 saturated heterocycles. The molecule has 0 bridgehead atoms. The quantitative estimate of drug-likeness (QED) is 0.827. The van der Waals surface area contributed by atoms with E-state index in [1.165, 1.54) is 4.31 Å². The third-order valence-corrected chi connectivity index (χ3v) is 6.69. The van der Waals surface area contributed by atoms with Gasteiger partial charge in [-0.15, -0.1) is 0 Å². The van der Waals surface area contributed by atoms with Crippen molar-refractivity contribution in [1.82, 2.24) is 4.31 Å². The van der Waals surface area contributed by atoms with Gasteiger partial charge in [0.15, 0.2) is 0 Å². The van der Waals surface area contributed by atoms with Crippen molar-refractivity contribution in [3.63, 3.8) is 0 Å². The average molecular weight is 376 g/mol. The number of hydrogen-bond donors (Lipinski definition) is 0. The number of piperazine rings is 1. The molecule has 0 aromatic heterocycles. The number of benzene rings is 2. The van der Waals surface area contributed by atoms with Crippen molar-refractivity contribution >= 4 is 27.3 Å². The predicted octanol–water partition coefficient (Wildman–Crippen LogP) is 3.03. The molecule has 2 aromatic rings. The third-order valence-electron chi connectivity index (χ3n) is 4.37. The minimum absolute atomic E-state index is 0.279. The van der Waals surface area contributed by atoms with Gasteiger partial charge in [-0.3, -0.25) is 0 Å². The van der Waals surface area contributed by atoms with Crippen molar-refractivity contribution in [3.8, 4) is 6.07 Å². The van der Waals surface area contributed by atoms with E-state index in [4.69, 9.17) is 16.9 Å². The van der Waals surface area contributed by atoms with Crippen LogP contribution in [0.1, 0.15) is 11.1 Å². The molecule has 7 heteroatoms. The predicted molar refractivity (Wildman–Crippen MR) is 98.3 cm³/mol. The summed E-state index contributed by atoms with van der Waals surface area (Å²) in [6.07, 6.45) is 0. The summed E-state index contributed by atoms with van der Waals surface area (Å²) in [6, 6.07) is 14.2. The number of rotatable bonds is 3. The summed E-state index contributed by atoms with van der Waals surface area (Å²) in [4.78, 5) is 2.40. The second-order valence-electron chi connectivity index (χ2n) is 5.96. The van der Waals surface area contributed by atoms with Crippen molar-refractivity contribution in [2.45, 2.75) is 11.8 Å². The normalized spacial score (nSPS) is 15.8. The molecule has 2 aromatic carbocycles. The van der Waals surface area contributed by atoms with E-state index in [0.717, 1.165) is 11.3 Å². The molecule has 3 rings (SSSR count). The Morgan fingerprint density at radius 2 is 1.68 bits per heavy atom. The highest BCUT2D eigenvalue weighted by Gasteiger charge is 2.28. The number of sulfonamides is 1. The first-order chi connectivity index (χ1) is 11.9. The summed E-state index contributed by atoms with van der Waals surface area (Å²) in [5.41, 5.74) is 2.36. The Kier molecular flexibility index (Phi) is 5.00. The largest absolute Gasteiger partial charge is 0.369 e. The maximum absolute atomic E-state index is 12.8. The zero-order valence-electron chi connectivity index (χ0n) is 13.8. The third kappa shape index (κ3) is 3.64. The van der Waals surface area contributed by atoms with Gasteiger partial charge in [-0.1, -0.05) is 11.6 Å².